The van der Waals surface area contributed by atoms with Crippen LogP contribution in [-0.2, 0) is 0 Å². The number of benzene rings is 9. The fraction of sp³-hybridized carbons (Fsp3) is 0. The molecule has 0 aliphatic carbocycles. The smallest absolute Gasteiger partial charge is 0.180 e. The van der Waals surface area contributed by atoms with Crippen molar-refractivity contribution in [1.82, 2.24) is 9.13 Å². The number of hydrogen-bond acceptors (Lipinski definition) is 0. The molecule has 2 nitrogen and oxygen atoms in total. The van der Waals surface area contributed by atoms with Crippen LogP contribution in [-0.4, -0.2) is 17.2 Å². The van der Waals surface area contributed by atoms with Crippen molar-refractivity contribution in [2.75, 3.05) is 0 Å². The van der Waals surface area contributed by atoms with Crippen LogP contribution in [0.15, 0.2) is 218 Å². The van der Waals surface area contributed by atoms with Crippen LogP contribution in [0.5, 0.6) is 0 Å². The first-order valence-corrected chi connectivity index (χ1v) is 21.8. The maximum atomic E-state index is 2.54. The zero-order valence-electron chi connectivity index (χ0n) is 31.2. The van der Waals surface area contributed by atoms with E-state index in [1.807, 2.05) is 0 Å². The largest absolute Gasteiger partial charge is 0.309 e. The number of rotatable bonds is 5. The van der Waals surface area contributed by atoms with Crippen molar-refractivity contribution in [3.8, 4) is 33.6 Å². The van der Waals surface area contributed by atoms with Gasteiger partial charge in [0.2, 0.25) is 0 Å². The Morgan fingerprint density at radius 3 is 1.39 bits per heavy atom. The molecule has 0 N–H and O–H groups in total. The maximum Gasteiger partial charge on any atom is 0.180 e. The molecule has 0 radical (unpaired) electrons. The summed E-state index contributed by atoms with van der Waals surface area (Å²) in [6.07, 6.45) is 0. The molecule has 0 saturated heterocycles. The minimum atomic E-state index is -2.67. The predicted molar refractivity (Wildman–Crippen MR) is 243 cm³/mol. The van der Waals surface area contributed by atoms with Gasteiger partial charge in [-0.2, -0.15) is 0 Å². The molecule has 2 aromatic heterocycles. The Labute approximate surface area is 332 Å². The average molecular weight is 741 g/mol. The first kappa shape index (κ1) is 32.1. The van der Waals surface area contributed by atoms with Crippen molar-refractivity contribution in [3.63, 3.8) is 0 Å². The molecule has 266 valence electrons. The van der Waals surface area contributed by atoms with Crippen molar-refractivity contribution in [2.24, 2.45) is 0 Å². The van der Waals surface area contributed by atoms with Gasteiger partial charge >= 0.3 is 0 Å². The van der Waals surface area contributed by atoms with Crippen molar-refractivity contribution in [3.05, 3.63) is 218 Å². The third-order valence-corrected chi connectivity index (χ3v) is 17.3. The van der Waals surface area contributed by atoms with Gasteiger partial charge in [-0.25, -0.2) is 0 Å². The number of nitrogens with zero attached hydrogens (tertiary/aromatic N) is 2. The molecule has 0 atom stereocenters. The molecular formula is C54H36N2Si. The molecule has 0 bridgehead atoms. The van der Waals surface area contributed by atoms with E-state index in [2.05, 4.69) is 228 Å². The Morgan fingerprint density at radius 1 is 0.281 bits per heavy atom. The summed E-state index contributed by atoms with van der Waals surface area (Å²) < 4.78 is 4.96. The summed E-state index contributed by atoms with van der Waals surface area (Å²) in [6, 6.07) is 81.3. The van der Waals surface area contributed by atoms with Crippen molar-refractivity contribution >= 4 is 72.4 Å². The van der Waals surface area contributed by atoms with Gasteiger partial charge in [0.15, 0.2) is 8.07 Å². The zero-order valence-corrected chi connectivity index (χ0v) is 32.2. The van der Waals surface area contributed by atoms with E-state index in [4.69, 9.17) is 0 Å². The van der Waals surface area contributed by atoms with Gasteiger partial charge in [0.1, 0.15) is 0 Å². The van der Waals surface area contributed by atoms with Crippen LogP contribution >= 0.6 is 0 Å². The SMILES string of the molecule is c1ccc(-c2ccc(-n3c4ccccc4c4cc5c6ccccc6n(-c6ccc7c(c6)[Si](c6ccccc6)(c6ccccc6)c6ccccc6-7)c5cc43)cc2)cc1. The molecular weight excluding hydrogens is 705 g/mol. The summed E-state index contributed by atoms with van der Waals surface area (Å²) in [6.45, 7) is 0. The molecule has 0 amide bonds. The molecule has 3 heterocycles. The van der Waals surface area contributed by atoms with E-state index in [-0.39, 0.29) is 0 Å². The molecule has 1 aliphatic heterocycles. The quantitative estimate of drug-likeness (QED) is 0.156. The first-order chi connectivity index (χ1) is 28.3. The standard InChI is InChI=1S/C54H36N2Si/c1-4-16-37(17-5-1)38-28-30-39(31-29-38)55-49-25-13-10-22-43(49)47-35-48-44-23-11-14-26-50(44)56(52(48)36-51(47)55)40-32-33-46-45-24-12-15-27-53(45)57(54(46)34-40,41-18-6-2-7-19-41)42-20-8-3-9-21-42/h1-36H. The second kappa shape index (κ2) is 12.4. The third kappa shape index (κ3) is 4.58. The minimum absolute atomic E-state index is 1.15. The highest BCUT2D eigenvalue weighted by atomic mass is 28.3. The average Bonchev–Trinajstić information content (AvgIpc) is 3.90. The topological polar surface area (TPSA) is 9.86 Å². The lowest BCUT2D eigenvalue weighted by Gasteiger charge is -2.31. The van der Waals surface area contributed by atoms with E-state index < -0.39 is 8.07 Å². The van der Waals surface area contributed by atoms with Gasteiger partial charge in [0, 0.05) is 32.9 Å². The first-order valence-electron chi connectivity index (χ1n) is 19.8. The predicted octanol–water partition coefficient (Wildman–Crippen LogP) is 10.9. The van der Waals surface area contributed by atoms with Gasteiger partial charge in [0.05, 0.1) is 22.1 Å². The lowest BCUT2D eigenvalue weighted by atomic mass is 10.1. The van der Waals surface area contributed by atoms with Crippen LogP contribution in [0.1, 0.15) is 0 Å². The summed E-state index contributed by atoms with van der Waals surface area (Å²) in [5.74, 6) is 0. The highest BCUT2D eigenvalue weighted by Gasteiger charge is 2.48. The monoisotopic (exact) mass is 740 g/mol. The molecule has 0 spiro atoms. The lowest BCUT2D eigenvalue weighted by molar-refractivity contribution is 1.17. The van der Waals surface area contributed by atoms with Crippen LogP contribution in [0.3, 0.4) is 0 Å². The highest BCUT2D eigenvalue weighted by Crippen LogP contribution is 2.40. The maximum absolute atomic E-state index is 2.67. The van der Waals surface area contributed by atoms with Gasteiger partial charge in [0.25, 0.3) is 0 Å². The van der Waals surface area contributed by atoms with E-state index in [0.29, 0.717) is 0 Å². The van der Waals surface area contributed by atoms with Crippen molar-refractivity contribution in [1.29, 1.82) is 0 Å². The van der Waals surface area contributed by atoms with Gasteiger partial charge in [-0.15, -0.1) is 0 Å². The molecule has 57 heavy (non-hydrogen) atoms. The Bertz CT molecular complexity index is 3280. The lowest BCUT2D eigenvalue weighted by Crippen LogP contribution is -2.72. The number of para-hydroxylation sites is 2. The van der Waals surface area contributed by atoms with Crippen LogP contribution in [0.4, 0.5) is 0 Å². The zero-order chi connectivity index (χ0) is 37.5. The molecule has 0 saturated carbocycles. The van der Waals surface area contributed by atoms with Crippen LogP contribution in [0.2, 0.25) is 0 Å². The van der Waals surface area contributed by atoms with Gasteiger partial charge < -0.3 is 9.13 Å². The Hall–Kier alpha value is -7.20. The summed E-state index contributed by atoms with van der Waals surface area (Å²) in [5.41, 5.74) is 12.3. The van der Waals surface area contributed by atoms with Gasteiger partial charge in [-0.1, -0.05) is 170 Å². The van der Waals surface area contributed by atoms with E-state index >= 15 is 0 Å². The van der Waals surface area contributed by atoms with E-state index in [9.17, 15) is 0 Å². The fourth-order valence-corrected chi connectivity index (χ4v) is 15.2. The highest BCUT2D eigenvalue weighted by molar-refractivity contribution is 7.22. The van der Waals surface area contributed by atoms with Crippen LogP contribution < -0.4 is 20.7 Å². The second-order valence-electron chi connectivity index (χ2n) is 15.3. The van der Waals surface area contributed by atoms with Crippen LogP contribution in [0.25, 0.3) is 77.2 Å². The molecule has 0 unspecified atom stereocenters. The summed E-state index contributed by atoms with van der Waals surface area (Å²) in [7, 11) is -2.67. The fourth-order valence-electron chi connectivity index (χ4n) is 9.99. The summed E-state index contributed by atoms with van der Waals surface area (Å²) in [5, 5.41) is 10.8. The minimum Gasteiger partial charge on any atom is -0.309 e. The van der Waals surface area contributed by atoms with E-state index in [1.54, 1.807) is 0 Å². The van der Waals surface area contributed by atoms with Gasteiger partial charge in [-0.05, 0) is 91.5 Å². The van der Waals surface area contributed by atoms with E-state index in [0.717, 1.165) is 5.69 Å². The Morgan fingerprint density at radius 2 is 0.754 bits per heavy atom. The third-order valence-electron chi connectivity index (χ3n) is 12.4. The van der Waals surface area contributed by atoms with Crippen molar-refractivity contribution < 1.29 is 0 Å². The molecule has 0 fully saturated rings. The normalized spacial score (nSPS) is 13.1. The Kier molecular flexibility index (Phi) is 6.98. The molecule has 11 aromatic rings. The number of hydrogen-bond donors (Lipinski definition) is 0. The summed E-state index contributed by atoms with van der Waals surface area (Å²) in [4.78, 5) is 0. The summed E-state index contributed by atoms with van der Waals surface area (Å²) >= 11 is 0. The Balaban J connectivity index is 1.14. The number of fused-ring (bicyclic) bond motifs is 9. The second-order valence-corrected chi connectivity index (χ2v) is 19.0. The van der Waals surface area contributed by atoms with Crippen molar-refractivity contribution in [2.45, 2.75) is 0 Å². The molecule has 9 aromatic carbocycles. The van der Waals surface area contributed by atoms with E-state index in [1.165, 1.54) is 92.3 Å². The molecule has 12 rings (SSSR count). The number of aromatic nitrogens is 2. The molecule has 3 heteroatoms. The van der Waals surface area contributed by atoms with Gasteiger partial charge in [-0.3, -0.25) is 0 Å². The molecule has 1 aliphatic rings. The van der Waals surface area contributed by atoms with Crippen LogP contribution in [0, 0.1) is 0 Å².